The van der Waals surface area contributed by atoms with Gasteiger partial charge in [0.1, 0.15) is 6.29 Å². The predicted octanol–water partition coefficient (Wildman–Crippen LogP) is 3.44. The quantitative estimate of drug-likeness (QED) is 0.729. The highest BCUT2D eigenvalue weighted by molar-refractivity contribution is 7.97. The molecule has 1 unspecified atom stereocenters. The van der Waals surface area contributed by atoms with E-state index in [0.717, 1.165) is 10.6 Å². The average molecular weight is 290 g/mol. The Bertz CT molecular complexity index is 437. The van der Waals surface area contributed by atoms with Crippen LogP contribution in [0.1, 0.15) is 19.3 Å². The van der Waals surface area contributed by atoms with Gasteiger partial charge in [-0.1, -0.05) is 29.6 Å². The molecule has 1 aliphatic heterocycles. The number of nitrogens with one attached hydrogen (secondary N) is 3. The molecule has 3 nitrogen and oxygen atoms in total. The van der Waals surface area contributed by atoms with Crippen LogP contribution in [0.5, 0.6) is 0 Å². The second kappa shape index (κ2) is 4.86. The molecule has 0 saturated heterocycles. The maximum atomic E-state index is 6.02. The molecule has 1 atom stereocenters. The lowest BCUT2D eigenvalue weighted by molar-refractivity contribution is 0.309. The molecule has 1 aromatic carbocycles. The van der Waals surface area contributed by atoms with Crippen LogP contribution in [-0.2, 0) is 0 Å². The van der Waals surface area contributed by atoms with E-state index in [1.807, 2.05) is 12.1 Å². The molecule has 1 heterocycles. The number of anilines is 1. The average Bonchev–Trinajstić information content (AvgIpc) is 2.25. The van der Waals surface area contributed by atoms with Gasteiger partial charge in [0, 0.05) is 10.9 Å². The summed E-state index contributed by atoms with van der Waals surface area (Å²) in [5.74, 6) is 0. The van der Waals surface area contributed by atoms with Gasteiger partial charge in [-0.3, -0.25) is 5.32 Å². The van der Waals surface area contributed by atoms with E-state index in [0.29, 0.717) is 16.1 Å². The first-order valence-electron chi connectivity index (χ1n) is 5.66. The van der Waals surface area contributed by atoms with E-state index < -0.39 is 0 Å². The number of hydrogen-bond donors (Lipinski definition) is 3. The summed E-state index contributed by atoms with van der Waals surface area (Å²) in [7, 11) is 0. The van der Waals surface area contributed by atoms with Crippen LogP contribution in [0.3, 0.4) is 0 Å². The van der Waals surface area contributed by atoms with Gasteiger partial charge in [0.25, 0.3) is 0 Å². The molecule has 1 saturated carbocycles. The van der Waals surface area contributed by atoms with E-state index >= 15 is 0 Å². The molecule has 92 valence electrons. The molecule has 3 N–H and O–H groups in total. The summed E-state index contributed by atoms with van der Waals surface area (Å²) < 4.78 is 3.31. The van der Waals surface area contributed by atoms with Crippen LogP contribution in [0.2, 0.25) is 10.0 Å². The van der Waals surface area contributed by atoms with Gasteiger partial charge in [-0.25, -0.2) is 4.72 Å². The number of benzene rings is 1. The van der Waals surface area contributed by atoms with Crippen molar-refractivity contribution in [2.45, 2.75) is 36.5 Å². The lowest BCUT2D eigenvalue weighted by Crippen LogP contribution is -2.53. The zero-order valence-corrected chi connectivity index (χ0v) is 11.4. The van der Waals surface area contributed by atoms with Crippen molar-refractivity contribution in [2.24, 2.45) is 0 Å². The molecule has 0 bridgehead atoms. The lowest BCUT2D eigenvalue weighted by atomic mass is 9.93. The van der Waals surface area contributed by atoms with Crippen molar-refractivity contribution < 1.29 is 0 Å². The Labute approximate surface area is 115 Å². The summed E-state index contributed by atoms with van der Waals surface area (Å²) in [5.41, 5.74) is 1.03. The van der Waals surface area contributed by atoms with Crippen molar-refractivity contribution in [3.63, 3.8) is 0 Å². The lowest BCUT2D eigenvalue weighted by Gasteiger charge is -2.35. The third-order valence-corrected chi connectivity index (χ3v) is 4.75. The summed E-state index contributed by atoms with van der Waals surface area (Å²) in [4.78, 5) is 1.08. The van der Waals surface area contributed by atoms with Crippen LogP contribution in [0.4, 0.5) is 5.69 Å². The fourth-order valence-corrected chi connectivity index (χ4v) is 3.09. The fraction of sp³-hybridized carbons (Fsp3) is 0.455. The van der Waals surface area contributed by atoms with Crippen LogP contribution < -0.4 is 15.4 Å². The van der Waals surface area contributed by atoms with E-state index in [2.05, 4.69) is 15.4 Å². The number of fused-ring (bicyclic) bond motifs is 1. The van der Waals surface area contributed by atoms with E-state index in [1.54, 1.807) is 11.9 Å². The van der Waals surface area contributed by atoms with E-state index in [9.17, 15) is 0 Å². The smallest absolute Gasteiger partial charge is 0.142 e. The molecule has 1 aromatic rings. The van der Waals surface area contributed by atoms with E-state index in [1.165, 1.54) is 19.3 Å². The molecular weight excluding hydrogens is 277 g/mol. The molecular formula is C11H13Cl2N3S. The Morgan fingerprint density at radius 3 is 2.71 bits per heavy atom. The highest BCUT2D eigenvalue weighted by Gasteiger charge is 2.24. The Morgan fingerprint density at radius 1 is 1.24 bits per heavy atom. The van der Waals surface area contributed by atoms with Crippen LogP contribution in [0.25, 0.3) is 0 Å². The molecule has 0 amide bonds. The molecule has 0 spiro atoms. The summed E-state index contributed by atoms with van der Waals surface area (Å²) >= 11 is 13.6. The molecule has 2 aliphatic rings. The predicted molar refractivity (Wildman–Crippen MR) is 73.6 cm³/mol. The minimum atomic E-state index is 0.0926. The summed E-state index contributed by atoms with van der Waals surface area (Å²) in [6.07, 6.45) is 3.95. The zero-order chi connectivity index (χ0) is 11.8. The van der Waals surface area contributed by atoms with Crippen molar-refractivity contribution in [1.82, 2.24) is 10.0 Å². The Kier molecular flexibility index (Phi) is 3.41. The number of halogens is 2. The molecule has 1 fully saturated rings. The monoisotopic (exact) mass is 289 g/mol. The fourth-order valence-electron chi connectivity index (χ4n) is 1.92. The topological polar surface area (TPSA) is 36.1 Å². The van der Waals surface area contributed by atoms with Crippen LogP contribution in [0.15, 0.2) is 17.0 Å². The van der Waals surface area contributed by atoms with Gasteiger partial charge in [-0.05, 0) is 36.9 Å². The van der Waals surface area contributed by atoms with Gasteiger partial charge in [0.05, 0.1) is 15.7 Å². The Hall–Kier alpha value is -0.130. The zero-order valence-electron chi connectivity index (χ0n) is 9.09. The van der Waals surface area contributed by atoms with Crippen molar-refractivity contribution in [1.29, 1.82) is 0 Å². The second-order valence-corrected chi connectivity index (χ2v) is 6.05. The van der Waals surface area contributed by atoms with Gasteiger partial charge in [-0.15, -0.1) is 0 Å². The Balaban J connectivity index is 1.73. The van der Waals surface area contributed by atoms with Gasteiger partial charge in [-0.2, -0.15) is 0 Å². The maximum absolute atomic E-state index is 6.02. The highest BCUT2D eigenvalue weighted by Crippen LogP contribution is 2.36. The van der Waals surface area contributed by atoms with E-state index in [-0.39, 0.29) is 6.29 Å². The first-order chi connectivity index (χ1) is 8.22. The first-order valence-corrected chi connectivity index (χ1v) is 7.23. The van der Waals surface area contributed by atoms with Crippen LogP contribution >= 0.6 is 35.1 Å². The van der Waals surface area contributed by atoms with Crippen molar-refractivity contribution in [2.75, 3.05) is 5.32 Å². The van der Waals surface area contributed by atoms with Gasteiger partial charge >= 0.3 is 0 Å². The molecule has 6 heteroatoms. The number of hydrogen-bond acceptors (Lipinski definition) is 4. The maximum Gasteiger partial charge on any atom is 0.142 e. The van der Waals surface area contributed by atoms with E-state index in [4.69, 9.17) is 23.2 Å². The van der Waals surface area contributed by atoms with Crippen molar-refractivity contribution in [3.05, 3.63) is 22.2 Å². The standard InChI is InChI=1S/C11H13Cl2N3S/c12-7-4-9-10(5-8(7)13)17-16-11(15-9)14-6-2-1-3-6/h4-6,11,14-16H,1-3H2. The summed E-state index contributed by atoms with van der Waals surface area (Å²) in [6.45, 7) is 0. The van der Waals surface area contributed by atoms with Crippen molar-refractivity contribution >= 4 is 40.8 Å². The number of rotatable bonds is 2. The third-order valence-electron chi connectivity index (χ3n) is 3.12. The molecule has 0 radical (unpaired) electrons. The summed E-state index contributed by atoms with van der Waals surface area (Å²) in [5, 5.41) is 8.06. The SMILES string of the molecule is Clc1cc2c(cc1Cl)SNC(NC1CCC1)N2. The first kappa shape index (κ1) is 11.9. The highest BCUT2D eigenvalue weighted by atomic mass is 35.5. The second-order valence-electron chi connectivity index (χ2n) is 4.35. The minimum Gasteiger partial charge on any atom is -0.356 e. The van der Waals surface area contributed by atoms with Crippen LogP contribution in [0, 0.1) is 0 Å². The third kappa shape index (κ3) is 2.51. The van der Waals surface area contributed by atoms with Gasteiger partial charge in [0.2, 0.25) is 0 Å². The van der Waals surface area contributed by atoms with Gasteiger partial charge in [0.15, 0.2) is 0 Å². The van der Waals surface area contributed by atoms with Gasteiger partial charge < -0.3 is 5.32 Å². The molecule has 0 aromatic heterocycles. The normalized spacial score (nSPS) is 23.8. The molecule has 17 heavy (non-hydrogen) atoms. The largest absolute Gasteiger partial charge is 0.356 e. The van der Waals surface area contributed by atoms with Crippen LogP contribution in [-0.4, -0.2) is 12.3 Å². The molecule has 1 aliphatic carbocycles. The molecule has 3 rings (SSSR count). The minimum absolute atomic E-state index is 0.0926. The summed E-state index contributed by atoms with van der Waals surface area (Å²) in [6, 6.07) is 4.39. The van der Waals surface area contributed by atoms with Crippen molar-refractivity contribution in [3.8, 4) is 0 Å². The Morgan fingerprint density at radius 2 is 2.00 bits per heavy atom.